The molecule has 3 aromatic rings. The van der Waals surface area contributed by atoms with Crippen LogP contribution in [-0.2, 0) is 13.0 Å². The number of nitrogens with zero attached hydrogens (tertiary/aromatic N) is 4. The minimum Gasteiger partial charge on any atom is -0.383 e. The first-order valence-corrected chi connectivity index (χ1v) is 7.00. The molecule has 4 rings (SSSR count). The van der Waals surface area contributed by atoms with E-state index in [0.717, 1.165) is 41.7 Å². The topological polar surface area (TPSA) is 83.7 Å². The standard InChI is InChI=1S/C15H16N6/c1-9-2-3-12-11(6-19-20-12)14(9)21-5-4-10-13(7-21)17-8-18-15(10)16/h2-3,6,8H,4-5,7H2,1H3,(H,19,20)(H2,16,17,18). The second-order valence-electron chi connectivity index (χ2n) is 5.42. The minimum atomic E-state index is 0.609. The van der Waals surface area contributed by atoms with Crippen molar-refractivity contribution in [2.45, 2.75) is 19.9 Å². The van der Waals surface area contributed by atoms with Crippen LogP contribution in [0.3, 0.4) is 0 Å². The van der Waals surface area contributed by atoms with Gasteiger partial charge >= 0.3 is 0 Å². The molecule has 106 valence electrons. The summed E-state index contributed by atoms with van der Waals surface area (Å²) in [4.78, 5) is 10.8. The van der Waals surface area contributed by atoms with Crippen LogP contribution in [-0.4, -0.2) is 26.7 Å². The molecule has 0 bridgehead atoms. The van der Waals surface area contributed by atoms with Crippen molar-refractivity contribution >= 4 is 22.4 Å². The number of aryl methyl sites for hydroxylation is 1. The summed E-state index contributed by atoms with van der Waals surface area (Å²) < 4.78 is 0. The van der Waals surface area contributed by atoms with Gasteiger partial charge in [-0.15, -0.1) is 0 Å². The molecule has 0 aliphatic carbocycles. The first kappa shape index (κ1) is 12.1. The van der Waals surface area contributed by atoms with Crippen molar-refractivity contribution in [1.29, 1.82) is 0 Å². The molecule has 1 aliphatic heterocycles. The van der Waals surface area contributed by atoms with E-state index in [1.165, 1.54) is 11.3 Å². The lowest BCUT2D eigenvalue weighted by Crippen LogP contribution is -2.32. The molecule has 0 unspecified atom stereocenters. The van der Waals surface area contributed by atoms with Gasteiger partial charge in [-0.05, 0) is 25.0 Å². The van der Waals surface area contributed by atoms with Gasteiger partial charge in [-0.3, -0.25) is 5.10 Å². The Bertz CT molecular complexity index is 822. The summed E-state index contributed by atoms with van der Waals surface area (Å²) in [5.41, 5.74) is 11.6. The zero-order valence-corrected chi connectivity index (χ0v) is 11.8. The second-order valence-corrected chi connectivity index (χ2v) is 5.42. The van der Waals surface area contributed by atoms with Crippen LogP contribution in [0.2, 0.25) is 0 Å². The van der Waals surface area contributed by atoms with Crippen molar-refractivity contribution in [1.82, 2.24) is 20.2 Å². The van der Waals surface area contributed by atoms with Crippen LogP contribution in [0.25, 0.3) is 10.9 Å². The van der Waals surface area contributed by atoms with Gasteiger partial charge in [-0.1, -0.05) is 6.07 Å². The number of nitrogen functional groups attached to an aromatic ring is 1. The molecule has 3 N–H and O–H groups in total. The van der Waals surface area contributed by atoms with Gasteiger partial charge in [0, 0.05) is 17.5 Å². The van der Waals surface area contributed by atoms with Crippen LogP contribution < -0.4 is 10.6 Å². The Balaban J connectivity index is 1.81. The van der Waals surface area contributed by atoms with Gasteiger partial charge in [0.15, 0.2) is 0 Å². The highest BCUT2D eigenvalue weighted by molar-refractivity contribution is 5.93. The van der Waals surface area contributed by atoms with Gasteiger partial charge in [-0.2, -0.15) is 5.10 Å². The summed E-state index contributed by atoms with van der Waals surface area (Å²) in [5.74, 6) is 0.609. The summed E-state index contributed by atoms with van der Waals surface area (Å²) >= 11 is 0. The predicted octanol–water partition coefficient (Wildman–Crippen LogP) is 1.81. The third kappa shape index (κ3) is 1.83. The number of hydrogen-bond donors (Lipinski definition) is 2. The SMILES string of the molecule is Cc1ccc2[nH]ncc2c1N1CCc2c(N)ncnc2C1. The van der Waals surface area contributed by atoms with Gasteiger partial charge in [0.1, 0.15) is 12.1 Å². The summed E-state index contributed by atoms with van der Waals surface area (Å²) in [5, 5.41) is 8.34. The third-order valence-corrected chi connectivity index (χ3v) is 4.15. The van der Waals surface area contributed by atoms with E-state index in [-0.39, 0.29) is 0 Å². The number of H-pyrrole nitrogens is 1. The number of aromatic amines is 1. The molecule has 0 saturated carbocycles. The number of hydrogen-bond acceptors (Lipinski definition) is 5. The molecule has 0 spiro atoms. The Morgan fingerprint density at radius 1 is 1.29 bits per heavy atom. The second kappa shape index (κ2) is 4.44. The lowest BCUT2D eigenvalue weighted by Gasteiger charge is -2.31. The maximum atomic E-state index is 5.94. The van der Waals surface area contributed by atoms with Crippen molar-refractivity contribution in [2.75, 3.05) is 17.2 Å². The average molecular weight is 280 g/mol. The fourth-order valence-electron chi connectivity index (χ4n) is 3.10. The fourth-order valence-corrected chi connectivity index (χ4v) is 3.10. The molecule has 1 aliphatic rings. The molecular formula is C15H16N6. The van der Waals surface area contributed by atoms with Crippen LogP contribution in [0.5, 0.6) is 0 Å². The number of nitrogens with two attached hydrogens (primary N) is 1. The number of aromatic nitrogens is 4. The molecular weight excluding hydrogens is 264 g/mol. The summed E-state index contributed by atoms with van der Waals surface area (Å²) in [6.07, 6.45) is 4.31. The van der Waals surface area contributed by atoms with Crippen LogP contribution in [0.1, 0.15) is 16.8 Å². The number of nitrogens with one attached hydrogen (secondary N) is 1. The van der Waals surface area contributed by atoms with Crippen molar-refractivity contribution in [3.63, 3.8) is 0 Å². The number of benzene rings is 1. The fraction of sp³-hybridized carbons (Fsp3) is 0.267. The molecule has 0 atom stereocenters. The van der Waals surface area contributed by atoms with E-state index in [1.54, 1.807) is 6.33 Å². The first-order valence-electron chi connectivity index (χ1n) is 7.00. The van der Waals surface area contributed by atoms with E-state index in [9.17, 15) is 0 Å². The quantitative estimate of drug-likeness (QED) is 0.710. The van der Waals surface area contributed by atoms with Crippen LogP contribution in [0.15, 0.2) is 24.7 Å². The molecule has 1 aromatic carbocycles. The first-order chi connectivity index (χ1) is 10.2. The normalized spacial score (nSPS) is 14.4. The van der Waals surface area contributed by atoms with Crippen molar-refractivity contribution in [3.8, 4) is 0 Å². The van der Waals surface area contributed by atoms with Gasteiger partial charge in [0.2, 0.25) is 0 Å². The lowest BCUT2D eigenvalue weighted by molar-refractivity contribution is 0.706. The lowest BCUT2D eigenvalue weighted by atomic mass is 10.0. The molecule has 6 heteroatoms. The van der Waals surface area contributed by atoms with Gasteiger partial charge < -0.3 is 10.6 Å². The minimum absolute atomic E-state index is 0.609. The zero-order valence-electron chi connectivity index (χ0n) is 11.8. The monoisotopic (exact) mass is 280 g/mol. The third-order valence-electron chi connectivity index (χ3n) is 4.15. The van der Waals surface area contributed by atoms with Crippen LogP contribution in [0.4, 0.5) is 11.5 Å². The van der Waals surface area contributed by atoms with Crippen LogP contribution >= 0.6 is 0 Å². The number of rotatable bonds is 1. The maximum Gasteiger partial charge on any atom is 0.130 e. The Morgan fingerprint density at radius 2 is 2.19 bits per heavy atom. The van der Waals surface area contributed by atoms with E-state index in [1.807, 2.05) is 6.20 Å². The van der Waals surface area contributed by atoms with Gasteiger partial charge in [0.25, 0.3) is 0 Å². The highest BCUT2D eigenvalue weighted by Crippen LogP contribution is 2.33. The van der Waals surface area contributed by atoms with Crippen molar-refractivity contribution in [2.24, 2.45) is 0 Å². The van der Waals surface area contributed by atoms with Gasteiger partial charge in [-0.25, -0.2) is 9.97 Å². The molecule has 0 fully saturated rings. The Labute approximate surface area is 122 Å². The smallest absolute Gasteiger partial charge is 0.130 e. The molecule has 2 aromatic heterocycles. The summed E-state index contributed by atoms with van der Waals surface area (Å²) in [7, 11) is 0. The predicted molar refractivity (Wildman–Crippen MR) is 82.0 cm³/mol. The molecule has 6 nitrogen and oxygen atoms in total. The van der Waals surface area contributed by atoms with E-state index in [4.69, 9.17) is 5.73 Å². The summed E-state index contributed by atoms with van der Waals surface area (Å²) in [6, 6.07) is 4.19. The van der Waals surface area contributed by atoms with E-state index in [2.05, 4.69) is 44.1 Å². The zero-order chi connectivity index (χ0) is 14.4. The van der Waals surface area contributed by atoms with E-state index < -0.39 is 0 Å². The number of anilines is 2. The Hall–Kier alpha value is -2.63. The largest absolute Gasteiger partial charge is 0.383 e. The Morgan fingerprint density at radius 3 is 3.10 bits per heavy atom. The van der Waals surface area contributed by atoms with E-state index >= 15 is 0 Å². The molecule has 0 saturated heterocycles. The molecule has 0 amide bonds. The molecule has 3 heterocycles. The highest BCUT2D eigenvalue weighted by atomic mass is 15.2. The average Bonchev–Trinajstić information content (AvgIpc) is 2.95. The summed E-state index contributed by atoms with van der Waals surface area (Å²) in [6.45, 7) is 3.80. The van der Waals surface area contributed by atoms with Crippen LogP contribution in [0, 0.1) is 6.92 Å². The molecule has 0 radical (unpaired) electrons. The van der Waals surface area contributed by atoms with Gasteiger partial charge in [0.05, 0.1) is 29.6 Å². The van der Waals surface area contributed by atoms with Crippen molar-refractivity contribution in [3.05, 3.63) is 41.5 Å². The van der Waals surface area contributed by atoms with Crippen molar-refractivity contribution < 1.29 is 0 Å². The number of fused-ring (bicyclic) bond motifs is 2. The van der Waals surface area contributed by atoms with E-state index in [0.29, 0.717) is 5.82 Å². The maximum absolute atomic E-state index is 5.94. The Kier molecular flexibility index (Phi) is 2.57. The molecule has 21 heavy (non-hydrogen) atoms. The highest BCUT2D eigenvalue weighted by Gasteiger charge is 2.22.